The first-order chi connectivity index (χ1) is 9.33. The molecule has 1 fully saturated rings. The Morgan fingerprint density at radius 3 is 2.89 bits per heavy atom. The van der Waals surface area contributed by atoms with Crippen LogP contribution < -0.4 is 0 Å². The van der Waals surface area contributed by atoms with Crippen LogP contribution in [0.1, 0.15) is 23.7 Å². The molecule has 1 aromatic carbocycles. The van der Waals surface area contributed by atoms with Gasteiger partial charge in [-0.25, -0.2) is 0 Å². The monoisotopic (exact) mass is 257 g/mol. The normalized spacial score (nSPS) is 19.1. The number of rotatable bonds is 4. The molecule has 1 aromatic heterocycles. The summed E-state index contributed by atoms with van der Waals surface area (Å²) in [7, 11) is 0. The van der Waals surface area contributed by atoms with Gasteiger partial charge in [0.05, 0.1) is 0 Å². The first-order valence-corrected chi connectivity index (χ1v) is 6.41. The lowest BCUT2D eigenvalue weighted by Crippen LogP contribution is -2.27. The summed E-state index contributed by atoms with van der Waals surface area (Å²) in [6.07, 6.45) is 2.67. The summed E-state index contributed by atoms with van der Waals surface area (Å²) >= 11 is 0. The fourth-order valence-corrected chi connectivity index (χ4v) is 2.43. The summed E-state index contributed by atoms with van der Waals surface area (Å²) in [6, 6.07) is 10.2. The van der Waals surface area contributed by atoms with Crippen LogP contribution in [-0.4, -0.2) is 34.0 Å². The molecule has 0 N–H and O–H groups in total. The second kappa shape index (κ2) is 5.22. The Bertz CT molecular complexity index is 539. The van der Waals surface area contributed by atoms with E-state index in [-0.39, 0.29) is 11.8 Å². The van der Waals surface area contributed by atoms with E-state index in [0.717, 1.165) is 13.0 Å². The molecule has 5 heteroatoms. The largest absolute Gasteiger partial charge is 0.343 e. The van der Waals surface area contributed by atoms with E-state index in [1.54, 1.807) is 0 Å². The van der Waals surface area contributed by atoms with Gasteiger partial charge in [-0.3, -0.25) is 4.79 Å². The lowest BCUT2D eigenvalue weighted by atomic mass is 10.1. The molecule has 0 bridgehead atoms. The van der Waals surface area contributed by atoms with Crippen molar-refractivity contribution in [2.75, 3.05) is 13.1 Å². The van der Waals surface area contributed by atoms with Gasteiger partial charge in [0.1, 0.15) is 0 Å². The molecular formula is C14H15N3O2. The van der Waals surface area contributed by atoms with Crippen LogP contribution in [0.5, 0.6) is 0 Å². The highest BCUT2D eigenvalue weighted by Crippen LogP contribution is 2.25. The molecule has 1 saturated heterocycles. The van der Waals surface area contributed by atoms with E-state index in [4.69, 9.17) is 4.52 Å². The number of likely N-dealkylation sites (tertiary alicyclic amines) is 1. The molecule has 3 rings (SSSR count). The van der Waals surface area contributed by atoms with Crippen molar-refractivity contribution in [2.45, 2.75) is 18.8 Å². The maximum absolute atomic E-state index is 11.9. The number of carbonyl (C=O) groups is 1. The third-order valence-corrected chi connectivity index (χ3v) is 3.47. The Morgan fingerprint density at radius 1 is 1.32 bits per heavy atom. The Balaban J connectivity index is 1.59. The van der Waals surface area contributed by atoms with E-state index >= 15 is 0 Å². The van der Waals surface area contributed by atoms with E-state index in [1.165, 1.54) is 12.0 Å². The van der Waals surface area contributed by atoms with E-state index in [1.807, 2.05) is 23.1 Å². The van der Waals surface area contributed by atoms with Crippen molar-refractivity contribution >= 4 is 5.91 Å². The zero-order valence-electron chi connectivity index (χ0n) is 10.5. The minimum absolute atomic E-state index is 0.0713. The third-order valence-electron chi connectivity index (χ3n) is 3.47. The fourth-order valence-electron chi connectivity index (χ4n) is 2.43. The summed E-state index contributed by atoms with van der Waals surface area (Å²) in [5.41, 5.74) is 1.25. The van der Waals surface area contributed by atoms with Gasteiger partial charge in [-0.05, 0) is 12.0 Å². The molecule has 0 spiro atoms. The Morgan fingerprint density at radius 2 is 2.16 bits per heavy atom. The first-order valence-electron chi connectivity index (χ1n) is 6.41. The smallest absolute Gasteiger partial charge is 0.223 e. The van der Waals surface area contributed by atoms with Crippen molar-refractivity contribution in [2.24, 2.45) is 0 Å². The van der Waals surface area contributed by atoms with E-state index in [2.05, 4.69) is 22.3 Å². The highest BCUT2D eigenvalue weighted by molar-refractivity contribution is 5.79. The average molecular weight is 257 g/mol. The van der Waals surface area contributed by atoms with Crippen LogP contribution >= 0.6 is 0 Å². The highest BCUT2D eigenvalue weighted by Gasteiger charge is 2.32. The molecule has 1 amide bonds. The summed E-state index contributed by atoms with van der Waals surface area (Å²) in [5, 5.41) is 3.82. The highest BCUT2D eigenvalue weighted by atomic mass is 16.5. The SMILES string of the molecule is O=C1CC(c2ncon2)CN1CCc1ccccc1. The Hall–Kier alpha value is -2.17. The molecule has 1 aliphatic heterocycles. The Labute approximate surface area is 111 Å². The summed E-state index contributed by atoms with van der Waals surface area (Å²) in [5.74, 6) is 0.878. The fraction of sp³-hybridized carbons (Fsp3) is 0.357. The van der Waals surface area contributed by atoms with Gasteiger partial charge in [-0.2, -0.15) is 4.98 Å². The summed E-state index contributed by atoms with van der Waals surface area (Å²) < 4.78 is 4.74. The number of hydrogen-bond donors (Lipinski definition) is 0. The van der Waals surface area contributed by atoms with E-state index < -0.39 is 0 Å². The van der Waals surface area contributed by atoms with Gasteiger partial charge in [0.25, 0.3) is 0 Å². The minimum atomic E-state index is 0.0713. The minimum Gasteiger partial charge on any atom is -0.343 e. The standard InChI is InChI=1S/C14H15N3O2/c18-13-8-12(14-15-10-19-16-14)9-17(13)7-6-11-4-2-1-3-5-11/h1-5,10,12H,6-9H2. The predicted octanol–water partition coefficient (Wildman–Crippen LogP) is 1.63. The van der Waals surface area contributed by atoms with Crippen molar-refractivity contribution < 1.29 is 9.32 Å². The predicted molar refractivity (Wildman–Crippen MR) is 68.4 cm³/mol. The quantitative estimate of drug-likeness (QED) is 0.835. The topological polar surface area (TPSA) is 59.2 Å². The Kier molecular flexibility index (Phi) is 3.27. The number of amides is 1. The lowest BCUT2D eigenvalue weighted by Gasteiger charge is -2.15. The van der Waals surface area contributed by atoms with Crippen molar-refractivity contribution in [3.63, 3.8) is 0 Å². The average Bonchev–Trinajstić information content (AvgIpc) is 3.07. The lowest BCUT2D eigenvalue weighted by molar-refractivity contribution is -0.127. The van der Waals surface area contributed by atoms with Gasteiger partial charge < -0.3 is 9.42 Å². The van der Waals surface area contributed by atoms with E-state index in [0.29, 0.717) is 18.8 Å². The van der Waals surface area contributed by atoms with Crippen LogP contribution in [0, 0.1) is 0 Å². The number of aromatic nitrogens is 2. The second-order valence-electron chi connectivity index (χ2n) is 4.77. The number of nitrogens with zero attached hydrogens (tertiary/aromatic N) is 3. The van der Waals surface area contributed by atoms with Gasteiger partial charge >= 0.3 is 0 Å². The van der Waals surface area contributed by atoms with Crippen molar-refractivity contribution in [3.8, 4) is 0 Å². The number of benzene rings is 1. The van der Waals surface area contributed by atoms with Crippen LogP contribution in [0.25, 0.3) is 0 Å². The van der Waals surface area contributed by atoms with Gasteiger partial charge in [-0.1, -0.05) is 35.5 Å². The van der Waals surface area contributed by atoms with Crippen LogP contribution in [0.3, 0.4) is 0 Å². The molecule has 0 aliphatic carbocycles. The van der Waals surface area contributed by atoms with Crippen molar-refractivity contribution in [3.05, 3.63) is 48.1 Å². The van der Waals surface area contributed by atoms with Gasteiger partial charge in [0.15, 0.2) is 5.82 Å². The van der Waals surface area contributed by atoms with Gasteiger partial charge in [-0.15, -0.1) is 0 Å². The maximum atomic E-state index is 11.9. The van der Waals surface area contributed by atoms with Crippen LogP contribution in [0.2, 0.25) is 0 Å². The molecule has 0 saturated carbocycles. The van der Waals surface area contributed by atoms with Crippen molar-refractivity contribution in [1.82, 2.24) is 15.0 Å². The molecule has 0 radical (unpaired) electrons. The van der Waals surface area contributed by atoms with Crippen LogP contribution in [-0.2, 0) is 11.2 Å². The third kappa shape index (κ3) is 2.65. The zero-order chi connectivity index (χ0) is 13.1. The molecule has 98 valence electrons. The molecule has 1 aliphatic rings. The maximum Gasteiger partial charge on any atom is 0.223 e. The molecule has 2 heterocycles. The molecule has 19 heavy (non-hydrogen) atoms. The molecule has 1 unspecified atom stereocenters. The molecule has 5 nitrogen and oxygen atoms in total. The van der Waals surface area contributed by atoms with Crippen LogP contribution in [0.4, 0.5) is 0 Å². The second-order valence-corrected chi connectivity index (χ2v) is 4.77. The van der Waals surface area contributed by atoms with Gasteiger partial charge in [0, 0.05) is 25.4 Å². The zero-order valence-corrected chi connectivity index (χ0v) is 10.5. The molecular weight excluding hydrogens is 242 g/mol. The molecule has 2 aromatic rings. The number of carbonyl (C=O) groups excluding carboxylic acids is 1. The first kappa shape index (κ1) is 11.9. The van der Waals surface area contributed by atoms with Crippen molar-refractivity contribution in [1.29, 1.82) is 0 Å². The van der Waals surface area contributed by atoms with E-state index in [9.17, 15) is 4.79 Å². The van der Waals surface area contributed by atoms with Gasteiger partial charge in [0.2, 0.25) is 12.3 Å². The number of hydrogen-bond acceptors (Lipinski definition) is 4. The summed E-state index contributed by atoms with van der Waals surface area (Å²) in [4.78, 5) is 17.9. The molecule has 1 atom stereocenters. The van der Waals surface area contributed by atoms with Crippen LogP contribution in [0.15, 0.2) is 41.2 Å². The summed E-state index contributed by atoms with van der Waals surface area (Å²) in [6.45, 7) is 1.43.